The quantitative estimate of drug-likeness (QED) is 0.248. The Morgan fingerprint density at radius 3 is 2.32 bits per heavy atom. The van der Waals surface area contributed by atoms with Crippen molar-refractivity contribution in [3.05, 3.63) is 65.2 Å². The highest BCUT2D eigenvalue weighted by molar-refractivity contribution is 7.92. The minimum Gasteiger partial charge on any atom is -0.492 e. The maximum atomic E-state index is 13.6. The molecule has 0 spiro atoms. The van der Waals surface area contributed by atoms with Crippen LogP contribution in [0.15, 0.2) is 42.7 Å². The van der Waals surface area contributed by atoms with E-state index in [2.05, 4.69) is 25.3 Å². The number of aryl methyl sites for hydroxylation is 1. The number of nitrogens with one attached hydrogen (secondary N) is 2. The molecule has 4 rings (SSSR count). The van der Waals surface area contributed by atoms with Gasteiger partial charge in [0.2, 0.25) is 10.0 Å². The summed E-state index contributed by atoms with van der Waals surface area (Å²) < 4.78 is 35.6. The molecule has 3 N–H and O–H groups in total. The number of benzene rings is 2. The van der Waals surface area contributed by atoms with E-state index in [-0.39, 0.29) is 16.9 Å². The van der Waals surface area contributed by atoms with Crippen LogP contribution in [-0.2, 0) is 22.5 Å². The second-order valence-electron chi connectivity index (χ2n) is 13.1. The smallest absolute Gasteiger partial charge is 0.255 e. The van der Waals surface area contributed by atoms with E-state index in [9.17, 15) is 18.3 Å². The Bertz CT molecular complexity index is 1810. The fourth-order valence-corrected chi connectivity index (χ4v) is 5.20. The van der Waals surface area contributed by atoms with E-state index >= 15 is 0 Å². The number of imidazole rings is 1. The number of aromatic nitrogens is 5. The minimum absolute atomic E-state index is 0.192. The van der Waals surface area contributed by atoms with Crippen molar-refractivity contribution in [3.8, 4) is 22.8 Å². The predicted octanol–water partition coefficient (Wildman–Crippen LogP) is 4.99. The molecule has 1 unspecified atom stereocenters. The lowest BCUT2D eigenvalue weighted by Gasteiger charge is -2.25. The number of sulfonamides is 1. The third-order valence-electron chi connectivity index (χ3n) is 7.27. The summed E-state index contributed by atoms with van der Waals surface area (Å²) in [4.78, 5) is 18.0. The number of rotatable bonds is 8. The molecule has 12 nitrogen and oxygen atoms in total. The van der Waals surface area contributed by atoms with Crippen LogP contribution in [0.1, 0.15) is 75.0 Å². The predicted molar refractivity (Wildman–Crippen MR) is 171 cm³/mol. The Labute approximate surface area is 258 Å². The number of methoxy groups -OCH3 is 1. The number of ether oxygens (including phenoxy) is 1. The van der Waals surface area contributed by atoms with E-state index in [0.717, 1.165) is 17.4 Å². The van der Waals surface area contributed by atoms with Crippen molar-refractivity contribution in [2.75, 3.05) is 23.4 Å². The third-order valence-corrected chi connectivity index (χ3v) is 7.86. The molecular formula is C31H41N7O5S. The highest BCUT2D eigenvalue weighted by Gasteiger charge is 2.29. The summed E-state index contributed by atoms with van der Waals surface area (Å²) in [6.07, 6.45) is 3.68. The summed E-state index contributed by atoms with van der Waals surface area (Å²) in [6.45, 7) is 13.7. The van der Waals surface area contributed by atoms with Crippen LogP contribution in [0.5, 0.6) is 5.75 Å². The van der Waals surface area contributed by atoms with Gasteiger partial charge in [0.15, 0.2) is 5.75 Å². The van der Waals surface area contributed by atoms with Gasteiger partial charge in [-0.05, 0) is 53.1 Å². The summed E-state index contributed by atoms with van der Waals surface area (Å²) in [5, 5.41) is 22.3. The van der Waals surface area contributed by atoms with E-state index in [0.29, 0.717) is 34.2 Å². The molecule has 4 aromatic rings. The summed E-state index contributed by atoms with van der Waals surface area (Å²) in [7, 11) is -0.383. The molecule has 0 aliphatic rings. The van der Waals surface area contributed by atoms with Gasteiger partial charge >= 0.3 is 0 Å². The Balaban J connectivity index is 1.68. The molecule has 0 saturated heterocycles. The van der Waals surface area contributed by atoms with Crippen LogP contribution in [0.25, 0.3) is 17.1 Å². The van der Waals surface area contributed by atoms with E-state index < -0.39 is 27.4 Å². The third kappa shape index (κ3) is 6.94. The maximum Gasteiger partial charge on any atom is 0.255 e. The van der Waals surface area contributed by atoms with Crippen molar-refractivity contribution in [1.29, 1.82) is 0 Å². The second kappa shape index (κ2) is 11.7. The first-order valence-corrected chi connectivity index (χ1v) is 15.9. The van der Waals surface area contributed by atoms with Crippen molar-refractivity contribution in [2.24, 2.45) is 12.5 Å². The Morgan fingerprint density at radius 2 is 1.73 bits per heavy atom. The molecule has 0 fully saturated rings. The van der Waals surface area contributed by atoms with Crippen LogP contribution in [0, 0.1) is 12.3 Å². The summed E-state index contributed by atoms with van der Waals surface area (Å²) in [6, 6.07) is 8.70. The number of aliphatic hydroxyl groups is 1. The summed E-state index contributed by atoms with van der Waals surface area (Å²) in [5.74, 6) is 0.295. The Hall–Kier alpha value is -4.23. The SMILES string of the molecule is COc1c(NC(=O)c2ccc(C)c(-n3cc(-c4cnc(C(O)C(C)(C)C)n4C)nn3)c2)cc(C(C)(C)C)cc1NS(C)(=O)=O. The van der Waals surface area contributed by atoms with Crippen LogP contribution in [-0.4, -0.2) is 57.3 Å². The lowest BCUT2D eigenvalue weighted by molar-refractivity contribution is 0.0526. The molecule has 13 heteroatoms. The number of hydrogen-bond acceptors (Lipinski definition) is 8. The van der Waals surface area contributed by atoms with Crippen molar-refractivity contribution in [3.63, 3.8) is 0 Å². The molecule has 44 heavy (non-hydrogen) atoms. The number of carbonyl (C=O) groups is 1. The summed E-state index contributed by atoms with van der Waals surface area (Å²) >= 11 is 0. The van der Waals surface area contributed by atoms with E-state index in [1.54, 1.807) is 45.9 Å². The Kier molecular flexibility index (Phi) is 8.69. The van der Waals surface area contributed by atoms with Crippen molar-refractivity contribution in [2.45, 2.75) is 60.0 Å². The van der Waals surface area contributed by atoms with Gasteiger partial charge in [-0.25, -0.2) is 18.1 Å². The molecule has 0 aliphatic heterocycles. The molecular weight excluding hydrogens is 582 g/mol. The lowest BCUT2D eigenvalue weighted by atomic mass is 9.86. The highest BCUT2D eigenvalue weighted by atomic mass is 32.2. The number of carbonyl (C=O) groups excluding carboxylic acids is 1. The second-order valence-corrected chi connectivity index (χ2v) is 14.8. The molecule has 0 aliphatic carbocycles. The number of amides is 1. The topological polar surface area (TPSA) is 153 Å². The van der Waals surface area contributed by atoms with Gasteiger partial charge in [0.05, 0.1) is 48.5 Å². The number of anilines is 2. The Morgan fingerprint density at radius 1 is 1.07 bits per heavy atom. The van der Waals surface area contributed by atoms with Gasteiger partial charge in [0.1, 0.15) is 17.6 Å². The fraction of sp³-hybridized carbons (Fsp3) is 0.419. The van der Waals surface area contributed by atoms with Crippen LogP contribution in [0.3, 0.4) is 0 Å². The molecule has 1 amide bonds. The first kappa shape index (κ1) is 32.7. The standard InChI is InChI=1S/C31H41N7O5S/c1-18-11-12-19(29(40)33-21-14-20(30(2,3)4)15-22(26(21)43-9)35-44(10,41)42)13-24(18)38-17-23(34-36-38)25-16-32-28(37(25)8)27(39)31(5,6)7/h11-17,27,35,39H,1-10H3,(H,33,40). The number of aliphatic hydroxyl groups excluding tert-OH is 1. The van der Waals surface area contributed by atoms with Crippen LogP contribution >= 0.6 is 0 Å². The van der Waals surface area contributed by atoms with Crippen LogP contribution in [0.4, 0.5) is 11.4 Å². The van der Waals surface area contributed by atoms with Gasteiger partial charge in [-0.2, -0.15) is 0 Å². The first-order valence-electron chi connectivity index (χ1n) is 14.0. The maximum absolute atomic E-state index is 13.6. The molecule has 236 valence electrons. The number of nitrogens with zero attached hydrogens (tertiary/aromatic N) is 5. The van der Waals surface area contributed by atoms with Gasteiger partial charge in [-0.15, -0.1) is 5.10 Å². The average Bonchev–Trinajstić information content (AvgIpc) is 3.53. The lowest BCUT2D eigenvalue weighted by Crippen LogP contribution is -2.21. The molecule has 1 atom stereocenters. The monoisotopic (exact) mass is 623 g/mol. The van der Waals surface area contributed by atoms with Gasteiger partial charge in [0, 0.05) is 12.6 Å². The number of hydrogen-bond donors (Lipinski definition) is 3. The zero-order valence-corrected chi connectivity index (χ0v) is 27.7. The van der Waals surface area contributed by atoms with E-state index in [1.807, 2.05) is 61.6 Å². The molecule has 2 heterocycles. The van der Waals surface area contributed by atoms with Gasteiger partial charge in [0.25, 0.3) is 5.91 Å². The van der Waals surface area contributed by atoms with Crippen molar-refractivity contribution in [1.82, 2.24) is 24.5 Å². The van der Waals surface area contributed by atoms with Crippen molar-refractivity contribution < 1.29 is 23.1 Å². The normalized spacial score (nSPS) is 13.1. The fourth-order valence-electron chi connectivity index (χ4n) is 4.64. The molecule has 0 saturated carbocycles. The largest absolute Gasteiger partial charge is 0.492 e. The molecule has 0 bridgehead atoms. The van der Waals surface area contributed by atoms with Crippen molar-refractivity contribution >= 4 is 27.3 Å². The van der Waals surface area contributed by atoms with E-state index in [1.165, 1.54) is 7.11 Å². The van der Waals surface area contributed by atoms with Crippen LogP contribution < -0.4 is 14.8 Å². The molecule has 2 aromatic carbocycles. The highest BCUT2D eigenvalue weighted by Crippen LogP contribution is 2.39. The zero-order valence-electron chi connectivity index (χ0n) is 26.8. The summed E-state index contributed by atoms with van der Waals surface area (Å²) in [5.41, 5.74) is 3.70. The van der Waals surface area contributed by atoms with Gasteiger partial charge in [-0.3, -0.25) is 9.52 Å². The first-order chi connectivity index (χ1) is 20.3. The average molecular weight is 624 g/mol. The molecule has 2 aromatic heterocycles. The minimum atomic E-state index is -3.62. The van der Waals surface area contributed by atoms with E-state index in [4.69, 9.17) is 4.74 Å². The zero-order chi connectivity index (χ0) is 32.8. The van der Waals surface area contributed by atoms with Gasteiger partial charge in [-0.1, -0.05) is 52.8 Å². The molecule has 0 radical (unpaired) electrons. The van der Waals surface area contributed by atoms with Crippen LogP contribution in [0.2, 0.25) is 0 Å². The van der Waals surface area contributed by atoms with Gasteiger partial charge < -0.3 is 19.7 Å².